The highest BCUT2D eigenvalue weighted by molar-refractivity contribution is 6.34. The van der Waals surface area contributed by atoms with Crippen molar-refractivity contribution in [3.8, 4) is 0 Å². The lowest BCUT2D eigenvalue weighted by molar-refractivity contribution is 0.0714. The molecule has 1 saturated heterocycles. The molecule has 1 aromatic carbocycles. The Bertz CT molecular complexity index is 973. The number of hydrogen-bond acceptors (Lipinski definition) is 3. The van der Waals surface area contributed by atoms with Gasteiger partial charge in [0.15, 0.2) is 0 Å². The first kappa shape index (κ1) is 16.9. The van der Waals surface area contributed by atoms with Gasteiger partial charge >= 0.3 is 0 Å². The second kappa shape index (κ2) is 6.65. The summed E-state index contributed by atoms with van der Waals surface area (Å²) in [7, 11) is 0. The molecule has 1 aliphatic heterocycles. The van der Waals surface area contributed by atoms with Crippen molar-refractivity contribution in [1.29, 1.82) is 0 Å². The standard InChI is InChI=1S/C20H21ClN4O/c1-12-4-5-15(18(22)17(12)21)20(26)25-9-6-13(7-10-25)16-11-24-19-14(16)3-2-8-23-19/h2-5,8,11,13H,6-7,9-10,22H2,1H3,(H,23,24). The Morgan fingerprint density at radius 3 is 2.85 bits per heavy atom. The SMILES string of the molecule is Cc1ccc(C(=O)N2CCC(c3c[nH]c4ncccc34)CC2)c(N)c1Cl. The van der Waals surface area contributed by atoms with Gasteiger partial charge in [-0.3, -0.25) is 4.79 Å². The minimum atomic E-state index is -0.0385. The zero-order valence-corrected chi connectivity index (χ0v) is 15.4. The number of benzene rings is 1. The number of nitrogens with two attached hydrogens (primary N) is 1. The molecule has 0 aliphatic carbocycles. The van der Waals surface area contributed by atoms with Crippen LogP contribution in [0.25, 0.3) is 11.0 Å². The van der Waals surface area contributed by atoms with Gasteiger partial charge < -0.3 is 15.6 Å². The number of nitrogen functional groups attached to an aromatic ring is 1. The fraction of sp³-hybridized carbons (Fsp3) is 0.300. The van der Waals surface area contributed by atoms with Gasteiger partial charge in [0.25, 0.3) is 5.91 Å². The van der Waals surface area contributed by atoms with Gasteiger partial charge in [-0.25, -0.2) is 4.98 Å². The van der Waals surface area contributed by atoms with E-state index >= 15 is 0 Å². The van der Waals surface area contributed by atoms with E-state index in [4.69, 9.17) is 17.3 Å². The minimum Gasteiger partial charge on any atom is -0.397 e. The summed E-state index contributed by atoms with van der Waals surface area (Å²) in [5.41, 5.74) is 10.0. The number of aromatic nitrogens is 2. The van der Waals surface area contributed by atoms with Crippen molar-refractivity contribution in [1.82, 2.24) is 14.9 Å². The molecule has 1 fully saturated rings. The average molecular weight is 369 g/mol. The quantitative estimate of drug-likeness (QED) is 0.668. The molecule has 3 aromatic rings. The molecule has 134 valence electrons. The lowest BCUT2D eigenvalue weighted by Gasteiger charge is -2.32. The lowest BCUT2D eigenvalue weighted by Crippen LogP contribution is -2.38. The normalized spacial score (nSPS) is 15.5. The van der Waals surface area contributed by atoms with Gasteiger partial charge in [-0.15, -0.1) is 0 Å². The van der Waals surface area contributed by atoms with Crippen molar-refractivity contribution in [3.63, 3.8) is 0 Å². The summed E-state index contributed by atoms with van der Waals surface area (Å²) in [5, 5.41) is 1.64. The highest BCUT2D eigenvalue weighted by atomic mass is 35.5. The van der Waals surface area contributed by atoms with E-state index in [0.29, 0.717) is 35.3 Å². The number of nitrogens with zero attached hydrogens (tertiary/aromatic N) is 2. The molecule has 0 saturated carbocycles. The van der Waals surface area contributed by atoms with E-state index in [1.165, 1.54) is 10.9 Å². The summed E-state index contributed by atoms with van der Waals surface area (Å²) < 4.78 is 0. The van der Waals surface area contributed by atoms with E-state index in [2.05, 4.69) is 22.2 Å². The van der Waals surface area contributed by atoms with Gasteiger partial charge in [-0.2, -0.15) is 0 Å². The van der Waals surface area contributed by atoms with E-state index < -0.39 is 0 Å². The molecular formula is C20H21ClN4O. The largest absolute Gasteiger partial charge is 0.397 e. The second-order valence-electron chi connectivity index (χ2n) is 6.87. The van der Waals surface area contributed by atoms with E-state index in [1.54, 1.807) is 12.3 Å². The van der Waals surface area contributed by atoms with Crippen LogP contribution in [0.1, 0.15) is 40.2 Å². The van der Waals surface area contributed by atoms with Crippen molar-refractivity contribution < 1.29 is 4.79 Å². The number of H-pyrrole nitrogens is 1. The zero-order valence-electron chi connectivity index (χ0n) is 14.6. The summed E-state index contributed by atoms with van der Waals surface area (Å²) in [4.78, 5) is 22.3. The van der Waals surface area contributed by atoms with Gasteiger partial charge in [-0.1, -0.05) is 17.7 Å². The number of piperidine rings is 1. The maximum atomic E-state index is 12.9. The molecule has 0 radical (unpaired) electrons. The third-order valence-corrected chi connectivity index (χ3v) is 5.81. The molecule has 26 heavy (non-hydrogen) atoms. The fourth-order valence-electron chi connectivity index (χ4n) is 3.77. The highest BCUT2D eigenvalue weighted by Crippen LogP contribution is 2.34. The molecule has 1 aliphatic rings. The molecule has 0 spiro atoms. The van der Waals surface area contributed by atoms with Crippen LogP contribution in [0.15, 0.2) is 36.7 Å². The van der Waals surface area contributed by atoms with Crippen molar-refractivity contribution in [2.24, 2.45) is 0 Å². The maximum absolute atomic E-state index is 12.9. The number of hydrogen-bond donors (Lipinski definition) is 2. The van der Waals surface area contributed by atoms with Gasteiger partial charge in [0.1, 0.15) is 5.65 Å². The summed E-state index contributed by atoms with van der Waals surface area (Å²) in [6, 6.07) is 7.68. The second-order valence-corrected chi connectivity index (χ2v) is 7.25. The number of amides is 1. The first-order valence-electron chi connectivity index (χ1n) is 8.82. The Hall–Kier alpha value is -2.53. The molecule has 6 heteroatoms. The van der Waals surface area contributed by atoms with Crippen molar-refractivity contribution in [3.05, 3.63) is 58.4 Å². The van der Waals surface area contributed by atoms with E-state index in [1.807, 2.05) is 24.0 Å². The third kappa shape index (κ3) is 2.82. The number of carbonyl (C=O) groups is 1. The summed E-state index contributed by atoms with van der Waals surface area (Å²) in [6.45, 7) is 3.30. The Morgan fingerprint density at radius 1 is 1.31 bits per heavy atom. The number of rotatable bonds is 2. The number of pyridine rings is 1. The van der Waals surface area contributed by atoms with Gasteiger partial charge in [0.05, 0.1) is 16.3 Å². The smallest absolute Gasteiger partial charge is 0.255 e. The van der Waals surface area contributed by atoms with Gasteiger partial charge in [0.2, 0.25) is 0 Å². The van der Waals surface area contributed by atoms with Crippen LogP contribution in [-0.4, -0.2) is 33.9 Å². The lowest BCUT2D eigenvalue weighted by atomic mass is 9.89. The number of nitrogens with one attached hydrogen (secondary N) is 1. The van der Waals surface area contributed by atoms with Crippen LogP contribution in [0, 0.1) is 6.92 Å². The number of aromatic amines is 1. The summed E-state index contributed by atoms with van der Waals surface area (Å²) >= 11 is 6.21. The molecule has 0 atom stereocenters. The number of fused-ring (bicyclic) bond motifs is 1. The Morgan fingerprint density at radius 2 is 2.08 bits per heavy atom. The monoisotopic (exact) mass is 368 g/mol. The molecule has 4 rings (SSSR count). The van der Waals surface area contributed by atoms with Crippen molar-refractivity contribution >= 4 is 34.2 Å². The molecule has 3 N–H and O–H groups in total. The summed E-state index contributed by atoms with van der Waals surface area (Å²) in [5.74, 6) is 0.388. The molecule has 2 aromatic heterocycles. The third-order valence-electron chi connectivity index (χ3n) is 5.31. The van der Waals surface area contributed by atoms with Crippen LogP contribution < -0.4 is 5.73 Å². The van der Waals surface area contributed by atoms with E-state index in [0.717, 1.165) is 24.1 Å². The van der Waals surface area contributed by atoms with E-state index in [-0.39, 0.29) is 5.91 Å². The Kier molecular flexibility index (Phi) is 4.32. The first-order valence-corrected chi connectivity index (χ1v) is 9.20. The predicted octanol–water partition coefficient (Wildman–Crippen LogP) is 4.13. The number of anilines is 1. The fourth-order valence-corrected chi connectivity index (χ4v) is 3.93. The predicted molar refractivity (Wildman–Crippen MR) is 105 cm³/mol. The average Bonchev–Trinajstić information content (AvgIpc) is 3.10. The van der Waals surface area contributed by atoms with E-state index in [9.17, 15) is 4.79 Å². The van der Waals surface area contributed by atoms with Crippen molar-refractivity contribution in [2.75, 3.05) is 18.8 Å². The molecule has 5 nitrogen and oxygen atoms in total. The Balaban J connectivity index is 1.50. The molecule has 1 amide bonds. The summed E-state index contributed by atoms with van der Waals surface area (Å²) in [6.07, 6.45) is 5.69. The number of halogens is 1. The van der Waals surface area contributed by atoms with Crippen LogP contribution in [0.2, 0.25) is 5.02 Å². The van der Waals surface area contributed by atoms with Crippen LogP contribution in [0.3, 0.4) is 0 Å². The van der Waals surface area contributed by atoms with Crippen LogP contribution >= 0.6 is 11.6 Å². The first-order chi connectivity index (χ1) is 12.6. The Labute approximate surface area is 157 Å². The van der Waals surface area contributed by atoms with Crippen LogP contribution in [-0.2, 0) is 0 Å². The molecule has 0 bridgehead atoms. The minimum absolute atomic E-state index is 0.0385. The maximum Gasteiger partial charge on any atom is 0.255 e. The van der Waals surface area contributed by atoms with Crippen LogP contribution in [0.5, 0.6) is 0 Å². The highest BCUT2D eigenvalue weighted by Gasteiger charge is 2.27. The van der Waals surface area contributed by atoms with Gasteiger partial charge in [-0.05, 0) is 55.0 Å². The molecule has 0 unspecified atom stereocenters. The number of carbonyl (C=O) groups excluding carboxylic acids is 1. The number of aryl methyl sites for hydroxylation is 1. The zero-order chi connectivity index (χ0) is 18.3. The molecule has 3 heterocycles. The molecular weight excluding hydrogens is 348 g/mol. The van der Waals surface area contributed by atoms with Gasteiger partial charge in [0, 0.05) is 30.9 Å². The van der Waals surface area contributed by atoms with Crippen LogP contribution in [0.4, 0.5) is 5.69 Å². The van der Waals surface area contributed by atoms with Crippen molar-refractivity contribution in [2.45, 2.75) is 25.7 Å². The number of likely N-dealkylation sites (tertiary alicyclic amines) is 1. The topological polar surface area (TPSA) is 75.0 Å².